The Morgan fingerprint density at radius 1 is 1.50 bits per heavy atom. The maximum absolute atomic E-state index is 12.0. The van der Waals surface area contributed by atoms with E-state index in [-0.39, 0.29) is 5.91 Å². The van der Waals surface area contributed by atoms with Crippen molar-refractivity contribution < 1.29 is 4.79 Å². The molecule has 0 N–H and O–H groups in total. The molecule has 0 unspecified atom stereocenters. The number of halogens is 1. The number of rotatable bonds is 1. The number of amides is 1. The molecule has 1 saturated heterocycles. The Bertz CT molecular complexity index is 335. The summed E-state index contributed by atoms with van der Waals surface area (Å²) in [6.45, 7) is 1.78. The lowest BCUT2D eigenvalue weighted by molar-refractivity contribution is 0.0781. The molecule has 1 fully saturated rings. The van der Waals surface area contributed by atoms with Gasteiger partial charge in [-0.1, -0.05) is 0 Å². The first-order valence-corrected chi connectivity index (χ1v) is 5.75. The molecule has 0 atom stereocenters. The van der Waals surface area contributed by atoms with Gasteiger partial charge in [0.15, 0.2) is 0 Å². The molecule has 0 bridgehead atoms. The topological polar surface area (TPSA) is 38.1 Å². The minimum Gasteiger partial charge on any atom is -0.337 e. The highest BCUT2D eigenvalue weighted by Gasteiger charge is 2.23. The molecule has 1 aliphatic heterocycles. The van der Waals surface area contributed by atoms with Crippen LogP contribution in [0.5, 0.6) is 0 Å². The number of aryl methyl sites for hydroxylation is 1. The van der Waals surface area contributed by atoms with Gasteiger partial charge in [0.05, 0.1) is 9.77 Å². The highest BCUT2D eigenvalue weighted by molar-refractivity contribution is 14.1. The second kappa shape index (κ2) is 3.88. The number of hydrogen-bond donors (Lipinski definition) is 0. The number of carbonyl (C=O) groups is 1. The van der Waals surface area contributed by atoms with E-state index in [1.54, 1.807) is 10.9 Å². The first kappa shape index (κ1) is 9.95. The zero-order valence-corrected chi connectivity index (χ0v) is 10.2. The van der Waals surface area contributed by atoms with Crippen molar-refractivity contribution in [2.75, 3.05) is 13.1 Å². The highest BCUT2D eigenvalue weighted by atomic mass is 127. The maximum atomic E-state index is 12.0. The van der Waals surface area contributed by atoms with Gasteiger partial charge in [0.25, 0.3) is 5.91 Å². The molecular weight excluding hydrogens is 293 g/mol. The molecule has 0 radical (unpaired) electrons. The van der Waals surface area contributed by atoms with Crippen LogP contribution in [0.4, 0.5) is 0 Å². The SMILES string of the molecule is Cn1ncc(I)c1C(=O)N1CCCC1. The average Bonchev–Trinajstić information content (AvgIpc) is 2.75. The summed E-state index contributed by atoms with van der Waals surface area (Å²) in [4.78, 5) is 13.9. The lowest BCUT2D eigenvalue weighted by atomic mass is 10.4. The Labute approximate surface area is 96.4 Å². The van der Waals surface area contributed by atoms with Crippen molar-refractivity contribution in [3.8, 4) is 0 Å². The van der Waals surface area contributed by atoms with Crippen molar-refractivity contribution in [1.82, 2.24) is 14.7 Å². The van der Waals surface area contributed by atoms with Gasteiger partial charge in [0.1, 0.15) is 5.69 Å². The molecule has 1 amide bonds. The van der Waals surface area contributed by atoms with Crippen molar-refractivity contribution in [3.63, 3.8) is 0 Å². The molecule has 76 valence electrons. The van der Waals surface area contributed by atoms with Gasteiger partial charge in [-0.25, -0.2) is 0 Å². The van der Waals surface area contributed by atoms with Gasteiger partial charge >= 0.3 is 0 Å². The van der Waals surface area contributed by atoms with Crippen LogP contribution < -0.4 is 0 Å². The monoisotopic (exact) mass is 305 g/mol. The van der Waals surface area contributed by atoms with E-state index in [0.29, 0.717) is 5.69 Å². The lowest BCUT2D eigenvalue weighted by Crippen LogP contribution is -2.30. The normalized spacial score (nSPS) is 16.3. The molecule has 0 spiro atoms. The van der Waals surface area contributed by atoms with Crippen molar-refractivity contribution >= 4 is 28.5 Å². The fraction of sp³-hybridized carbons (Fsp3) is 0.556. The zero-order valence-electron chi connectivity index (χ0n) is 8.03. The standard InChI is InChI=1S/C9H12IN3O/c1-12-8(7(10)6-11-12)9(14)13-4-2-3-5-13/h6H,2-5H2,1H3. The second-order valence-corrected chi connectivity index (χ2v) is 4.63. The van der Waals surface area contributed by atoms with E-state index in [1.165, 1.54) is 0 Å². The molecule has 0 aliphatic carbocycles. The molecule has 14 heavy (non-hydrogen) atoms. The van der Waals surface area contributed by atoms with Crippen molar-refractivity contribution in [2.24, 2.45) is 7.05 Å². The first-order valence-electron chi connectivity index (χ1n) is 4.67. The summed E-state index contributed by atoms with van der Waals surface area (Å²) in [5.74, 6) is 0.118. The van der Waals surface area contributed by atoms with Gasteiger partial charge in [-0.15, -0.1) is 0 Å². The molecule has 0 aromatic carbocycles. The molecule has 5 heteroatoms. The van der Waals surface area contributed by atoms with Gasteiger partial charge in [-0.2, -0.15) is 5.10 Å². The second-order valence-electron chi connectivity index (χ2n) is 3.46. The average molecular weight is 305 g/mol. The maximum Gasteiger partial charge on any atom is 0.273 e. The minimum atomic E-state index is 0.118. The Kier molecular flexibility index (Phi) is 2.76. The van der Waals surface area contributed by atoms with E-state index in [1.807, 2.05) is 11.9 Å². The Morgan fingerprint density at radius 3 is 2.64 bits per heavy atom. The third-order valence-electron chi connectivity index (χ3n) is 2.49. The Balaban J connectivity index is 2.25. The summed E-state index contributed by atoms with van der Waals surface area (Å²) in [6.07, 6.45) is 3.98. The van der Waals surface area contributed by atoms with Crippen LogP contribution in [-0.2, 0) is 7.05 Å². The van der Waals surface area contributed by atoms with Crippen molar-refractivity contribution in [1.29, 1.82) is 0 Å². The number of aromatic nitrogens is 2. The molecule has 1 aromatic heterocycles. The number of hydrogen-bond acceptors (Lipinski definition) is 2. The van der Waals surface area contributed by atoms with Gasteiger partial charge in [-0.05, 0) is 35.4 Å². The van der Waals surface area contributed by atoms with Crippen molar-refractivity contribution in [2.45, 2.75) is 12.8 Å². The molecule has 2 heterocycles. The van der Waals surface area contributed by atoms with Gasteiger partial charge in [0, 0.05) is 20.1 Å². The summed E-state index contributed by atoms with van der Waals surface area (Å²) in [5, 5.41) is 4.07. The third-order valence-corrected chi connectivity index (χ3v) is 3.28. The largest absolute Gasteiger partial charge is 0.337 e. The van der Waals surface area contributed by atoms with Crippen molar-refractivity contribution in [3.05, 3.63) is 15.5 Å². The number of likely N-dealkylation sites (tertiary alicyclic amines) is 1. The summed E-state index contributed by atoms with van der Waals surface area (Å²) in [5.41, 5.74) is 0.715. The lowest BCUT2D eigenvalue weighted by Gasteiger charge is -2.15. The smallest absolute Gasteiger partial charge is 0.273 e. The van der Waals surface area contributed by atoms with Crippen LogP contribution in [-0.4, -0.2) is 33.7 Å². The Morgan fingerprint density at radius 2 is 2.14 bits per heavy atom. The highest BCUT2D eigenvalue weighted by Crippen LogP contribution is 2.16. The quantitative estimate of drug-likeness (QED) is 0.733. The summed E-state index contributed by atoms with van der Waals surface area (Å²) in [7, 11) is 1.81. The van der Waals surface area contributed by atoms with E-state index in [9.17, 15) is 4.79 Å². The fourth-order valence-electron chi connectivity index (χ4n) is 1.72. The molecule has 2 rings (SSSR count). The van der Waals surface area contributed by atoms with E-state index in [2.05, 4.69) is 27.7 Å². The van der Waals surface area contributed by atoms with Crippen LogP contribution in [0.25, 0.3) is 0 Å². The molecule has 1 aromatic rings. The van der Waals surface area contributed by atoms with Crippen LogP contribution in [0.15, 0.2) is 6.20 Å². The molecule has 4 nitrogen and oxygen atoms in total. The van der Waals surface area contributed by atoms with E-state index >= 15 is 0 Å². The van der Waals surface area contributed by atoms with Crippen LogP contribution in [0, 0.1) is 3.57 Å². The molecule has 0 saturated carbocycles. The van der Waals surface area contributed by atoms with E-state index in [0.717, 1.165) is 29.5 Å². The van der Waals surface area contributed by atoms with Crippen LogP contribution >= 0.6 is 22.6 Å². The Hall–Kier alpha value is -0.590. The van der Waals surface area contributed by atoms with Gasteiger partial charge < -0.3 is 4.90 Å². The van der Waals surface area contributed by atoms with Gasteiger partial charge in [0.2, 0.25) is 0 Å². The summed E-state index contributed by atoms with van der Waals surface area (Å²) < 4.78 is 2.59. The molecule has 1 aliphatic rings. The summed E-state index contributed by atoms with van der Waals surface area (Å²) >= 11 is 2.15. The number of nitrogens with zero attached hydrogens (tertiary/aromatic N) is 3. The predicted octanol–water partition coefficient (Wildman–Crippen LogP) is 1.26. The fourth-order valence-corrected chi connectivity index (χ4v) is 2.43. The van der Waals surface area contributed by atoms with E-state index < -0.39 is 0 Å². The first-order chi connectivity index (χ1) is 6.70. The van der Waals surface area contributed by atoms with Crippen LogP contribution in [0.3, 0.4) is 0 Å². The van der Waals surface area contributed by atoms with Gasteiger partial charge in [-0.3, -0.25) is 9.48 Å². The number of carbonyl (C=O) groups excluding carboxylic acids is 1. The molecular formula is C9H12IN3O. The van der Waals surface area contributed by atoms with Crippen LogP contribution in [0.2, 0.25) is 0 Å². The zero-order chi connectivity index (χ0) is 10.1. The summed E-state index contributed by atoms with van der Waals surface area (Å²) in [6, 6.07) is 0. The third kappa shape index (κ3) is 1.65. The van der Waals surface area contributed by atoms with E-state index in [4.69, 9.17) is 0 Å². The van der Waals surface area contributed by atoms with Crippen LogP contribution in [0.1, 0.15) is 23.3 Å². The predicted molar refractivity (Wildman–Crippen MR) is 61.1 cm³/mol. The minimum absolute atomic E-state index is 0.118.